The van der Waals surface area contributed by atoms with E-state index in [0.717, 1.165) is 35.7 Å². The molecule has 1 aliphatic heterocycles. The summed E-state index contributed by atoms with van der Waals surface area (Å²) in [6, 6.07) is 2.06. The Morgan fingerprint density at radius 1 is 1.25 bits per heavy atom. The average molecular weight is 342 g/mol. The first-order valence-corrected chi connectivity index (χ1v) is 8.89. The molecule has 0 unspecified atom stereocenters. The van der Waals surface area contributed by atoms with Crippen LogP contribution >= 0.6 is 11.3 Å². The molecular formula is C16H18N6OS. The first-order chi connectivity index (χ1) is 11.8. The molecule has 0 atom stereocenters. The molecule has 1 fully saturated rings. The van der Waals surface area contributed by atoms with E-state index in [4.69, 9.17) is 0 Å². The van der Waals surface area contributed by atoms with Gasteiger partial charge < -0.3 is 9.80 Å². The molecule has 0 saturated carbocycles. The van der Waals surface area contributed by atoms with Crippen LogP contribution in [0.1, 0.15) is 17.3 Å². The summed E-state index contributed by atoms with van der Waals surface area (Å²) in [4.78, 5) is 26.4. The molecule has 1 amide bonds. The number of hydrogen-bond acceptors (Lipinski definition) is 6. The van der Waals surface area contributed by atoms with Crippen LogP contribution < -0.4 is 4.90 Å². The molecule has 0 N–H and O–H groups in total. The number of thiophene rings is 1. The number of aromatic nitrogens is 4. The first kappa shape index (κ1) is 15.1. The zero-order chi connectivity index (χ0) is 16.5. The second-order valence-electron chi connectivity index (χ2n) is 5.70. The van der Waals surface area contributed by atoms with Gasteiger partial charge in [0.2, 0.25) is 0 Å². The summed E-state index contributed by atoms with van der Waals surface area (Å²) in [5.41, 5.74) is 0.660. The Morgan fingerprint density at radius 2 is 2.08 bits per heavy atom. The standard InChI is InChI=1S/C16H18N6OS/c1-2-22-10-12(9-19-22)16(23)21-6-4-20(5-7-21)14-13-3-8-24-15(13)18-11-17-14/h3,8-11H,2,4-7H2,1H3. The molecule has 0 radical (unpaired) electrons. The van der Waals surface area contributed by atoms with E-state index in [1.54, 1.807) is 28.5 Å². The van der Waals surface area contributed by atoms with Gasteiger partial charge in [-0.1, -0.05) is 0 Å². The number of fused-ring (bicyclic) bond motifs is 1. The molecule has 7 nitrogen and oxygen atoms in total. The maximum absolute atomic E-state index is 12.6. The third-order valence-corrected chi connectivity index (χ3v) is 5.13. The Hall–Kier alpha value is -2.48. The number of rotatable bonds is 3. The van der Waals surface area contributed by atoms with Crippen molar-refractivity contribution in [3.63, 3.8) is 0 Å². The van der Waals surface area contributed by atoms with E-state index in [0.29, 0.717) is 18.7 Å². The maximum Gasteiger partial charge on any atom is 0.257 e. The van der Waals surface area contributed by atoms with Gasteiger partial charge in [-0.05, 0) is 18.4 Å². The molecule has 0 aromatic carbocycles. The summed E-state index contributed by atoms with van der Waals surface area (Å²) in [7, 11) is 0. The molecule has 1 saturated heterocycles. The number of nitrogens with zero attached hydrogens (tertiary/aromatic N) is 6. The predicted molar refractivity (Wildman–Crippen MR) is 93.4 cm³/mol. The van der Waals surface area contributed by atoms with Gasteiger partial charge in [0.25, 0.3) is 5.91 Å². The van der Waals surface area contributed by atoms with Crippen molar-refractivity contribution >= 4 is 33.3 Å². The topological polar surface area (TPSA) is 67.2 Å². The van der Waals surface area contributed by atoms with Gasteiger partial charge in [0.1, 0.15) is 17.0 Å². The average Bonchev–Trinajstić information content (AvgIpc) is 3.30. The number of anilines is 1. The summed E-state index contributed by atoms with van der Waals surface area (Å²) < 4.78 is 1.78. The summed E-state index contributed by atoms with van der Waals surface area (Å²) >= 11 is 1.62. The first-order valence-electron chi connectivity index (χ1n) is 8.01. The third kappa shape index (κ3) is 2.62. The maximum atomic E-state index is 12.6. The second-order valence-corrected chi connectivity index (χ2v) is 6.60. The Kier molecular flexibility index (Phi) is 3.89. The summed E-state index contributed by atoms with van der Waals surface area (Å²) in [5.74, 6) is 1.02. The van der Waals surface area contributed by atoms with Crippen molar-refractivity contribution in [1.82, 2.24) is 24.6 Å². The van der Waals surface area contributed by atoms with Crippen LogP contribution in [0.25, 0.3) is 10.2 Å². The normalized spacial score (nSPS) is 15.2. The van der Waals surface area contributed by atoms with E-state index in [2.05, 4.69) is 26.0 Å². The molecule has 4 heterocycles. The van der Waals surface area contributed by atoms with Gasteiger partial charge in [-0.2, -0.15) is 5.10 Å². The number of amides is 1. The van der Waals surface area contributed by atoms with E-state index in [-0.39, 0.29) is 5.91 Å². The molecule has 0 spiro atoms. The summed E-state index contributed by atoms with van der Waals surface area (Å²) in [5, 5.41) is 7.31. The minimum absolute atomic E-state index is 0.0534. The van der Waals surface area contributed by atoms with Crippen LogP contribution in [0.4, 0.5) is 5.82 Å². The minimum atomic E-state index is 0.0534. The van der Waals surface area contributed by atoms with Gasteiger partial charge in [0.05, 0.1) is 17.1 Å². The SMILES string of the molecule is CCn1cc(C(=O)N2CCN(c3ncnc4sccc34)CC2)cn1. The summed E-state index contributed by atoms with van der Waals surface area (Å²) in [6.45, 7) is 5.70. The number of carbonyl (C=O) groups excluding carboxylic acids is 1. The van der Waals surface area contributed by atoms with E-state index in [9.17, 15) is 4.79 Å². The quantitative estimate of drug-likeness (QED) is 0.727. The molecule has 0 aliphatic carbocycles. The van der Waals surface area contributed by atoms with Crippen molar-refractivity contribution < 1.29 is 4.79 Å². The van der Waals surface area contributed by atoms with Crippen LogP contribution in [-0.4, -0.2) is 56.7 Å². The third-order valence-electron chi connectivity index (χ3n) is 4.31. The molecule has 8 heteroatoms. The van der Waals surface area contributed by atoms with Crippen LogP contribution in [0.2, 0.25) is 0 Å². The van der Waals surface area contributed by atoms with Gasteiger partial charge in [-0.25, -0.2) is 9.97 Å². The zero-order valence-electron chi connectivity index (χ0n) is 13.4. The lowest BCUT2D eigenvalue weighted by atomic mass is 10.2. The van der Waals surface area contributed by atoms with Gasteiger partial charge in [0.15, 0.2) is 0 Å². The Balaban J connectivity index is 1.47. The number of piperazine rings is 1. The van der Waals surface area contributed by atoms with Crippen LogP contribution in [0, 0.1) is 0 Å². The number of aryl methyl sites for hydroxylation is 1. The fraction of sp³-hybridized carbons (Fsp3) is 0.375. The van der Waals surface area contributed by atoms with Crippen molar-refractivity contribution in [2.45, 2.75) is 13.5 Å². The molecule has 124 valence electrons. The highest BCUT2D eigenvalue weighted by molar-refractivity contribution is 7.16. The molecule has 4 rings (SSSR count). The number of hydrogen-bond donors (Lipinski definition) is 0. The Bertz CT molecular complexity index is 864. The van der Waals surface area contributed by atoms with Crippen LogP contribution in [-0.2, 0) is 6.54 Å². The molecule has 24 heavy (non-hydrogen) atoms. The lowest BCUT2D eigenvalue weighted by Crippen LogP contribution is -2.49. The van der Waals surface area contributed by atoms with Crippen molar-refractivity contribution in [3.8, 4) is 0 Å². The van der Waals surface area contributed by atoms with E-state index < -0.39 is 0 Å². The molecule has 3 aromatic rings. The zero-order valence-corrected chi connectivity index (χ0v) is 14.2. The van der Waals surface area contributed by atoms with Crippen molar-refractivity contribution in [3.05, 3.63) is 35.7 Å². The molecule has 3 aromatic heterocycles. The predicted octanol–water partition coefficient (Wildman–Crippen LogP) is 1.87. The molecular weight excluding hydrogens is 324 g/mol. The van der Waals surface area contributed by atoms with E-state index in [1.807, 2.05) is 23.4 Å². The summed E-state index contributed by atoms with van der Waals surface area (Å²) in [6.07, 6.45) is 5.08. The highest BCUT2D eigenvalue weighted by atomic mass is 32.1. The Morgan fingerprint density at radius 3 is 2.83 bits per heavy atom. The van der Waals surface area contributed by atoms with E-state index in [1.165, 1.54) is 0 Å². The van der Waals surface area contributed by atoms with Gasteiger partial charge in [0, 0.05) is 38.9 Å². The van der Waals surface area contributed by atoms with Crippen LogP contribution in [0.5, 0.6) is 0 Å². The second kappa shape index (κ2) is 6.20. The largest absolute Gasteiger partial charge is 0.352 e. The highest BCUT2D eigenvalue weighted by Gasteiger charge is 2.24. The van der Waals surface area contributed by atoms with Crippen LogP contribution in [0.3, 0.4) is 0 Å². The van der Waals surface area contributed by atoms with Crippen molar-refractivity contribution in [2.75, 3.05) is 31.1 Å². The van der Waals surface area contributed by atoms with Gasteiger partial charge in [-0.3, -0.25) is 9.48 Å². The monoisotopic (exact) mass is 342 g/mol. The molecule has 0 bridgehead atoms. The fourth-order valence-electron chi connectivity index (χ4n) is 2.98. The van der Waals surface area contributed by atoms with Crippen LogP contribution in [0.15, 0.2) is 30.2 Å². The van der Waals surface area contributed by atoms with Gasteiger partial charge >= 0.3 is 0 Å². The minimum Gasteiger partial charge on any atom is -0.352 e. The fourth-order valence-corrected chi connectivity index (χ4v) is 3.71. The van der Waals surface area contributed by atoms with Crippen molar-refractivity contribution in [1.29, 1.82) is 0 Å². The highest BCUT2D eigenvalue weighted by Crippen LogP contribution is 2.27. The number of carbonyl (C=O) groups is 1. The van der Waals surface area contributed by atoms with Gasteiger partial charge in [-0.15, -0.1) is 11.3 Å². The smallest absolute Gasteiger partial charge is 0.257 e. The lowest BCUT2D eigenvalue weighted by Gasteiger charge is -2.35. The van der Waals surface area contributed by atoms with E-state index >= 15 is 0 Å². The lowest BCUT2D eigenvalue weighted by molar-refractivity contribution is 0.0746. The molecule has 1 aliphatic rings. The Labute approximate surface area is 143 Å². The van der Waals surface area contributed by atoms with Crippen molar-refractivity contribution in [2.24, 2.45) is 0 Å².